The van der Waals surface area contributed by atoms with Crippen LogP contribution in [0, 0.1) is 0 Å². The number of amidine groups is 1. The van der Waals surface area contributed by atoms with Gasteiger partial charge in [0.2, 0.25) is 0 Å². The summed E-state index contributed by atoms with van der Waals surface area (Å²) in [7, 11) is 6.08. The number of ether oxygens (including phenoxy) is 1. The fourth-order valence-corrected chi connectivity index (χ4v) is 0.707. The van der Waals surface area contributed by atoms with Crippen LogP contribution in [-0.4, -0.2) is 56.5 Å². The predicted octanol–water partition coefficient (Wildman–Crippen LogP) is -0.241. The lowest BCUT2D eigenvalue weighted by Gasteiger charge is -2.20. The smallest absolute Gasteiger partial charge is 0.327 e. The molecule has 0 unspecified atom stereocenters. The molecular formula is C7H13N3O3. The van der Waals surface area contributed by atoms with Gasteiger partial charge in [0.05, 0.1) is 0 Å². The van der Waals surface area contributed by atoms with Crippen LogP contribution in [0.25, 0.3) is 0 Å². The third-order valence-corrected chi connectivity index (χ3v) is 1.30. The van der Waals surface area contributed by atoms with Gasteiger partial charge in [0.1, 0.15) is 0 Å². The molecule has 0 bridgehead atoms. The Hall–Kier alpha value is -1.59. The van der Waals surface area contributed by atoms with E-state index in [1.807, 2.05) is 0 Å². The molecule has 0 saturated carbocycles. The summed E-state index contributed by atoms with van der Waals surface area (Å²) >= 11 is 0. The van der Waals surface area contributed by atoms with E-state index in [1.165, 1.54) is 19.0 Å². The standard InChI is InChI=1S/C7H13N3O3/c1-8-6(13-5-11)10(4)7(12)9(2)3/h5H,1-4H3. The Bertz CT molecular complexity index is 225. The van der Waals surface area contributed by atoms with Gasteiger partial charge < -0.3 is 9.64 Å². The van der Waals surface area contributed by atoms with Crippen LogP contribution in [0.2, 0.25) is 0 Å². The van der Waals surface area contributed by atoms with Gasteiger partial charge in [-0.3, -0.25) is 9.69 Å². The van der Waals surface area contributed by atoms with Gasteiger partial charge in [-0.25, -0.2) is 9.79 Å². The monoisotopic (exact) mass is 187 g/mol. The lowest BCUT2D eigenvalue weighted by Crippen LogP contribution is -2.41. The molecule has 74 valence electrons. The van der Waals surface area contributed by atoms with Crippen molar-refractivity contribution in [3.8, 4) is 0 Å². The van der Waals surface area contributed by atoms with Crippen molar-refractivity contribution in [2.45, 2.75) is 0 Å². The predicted molar refractivity (Wildman–Crippen MR) is 47.4 cm³/mol. The first kappa shape index (κ1) is 11.4. The maximum absolute atomic E-state index is 11.3. The third kappa shape index (κ3) is 3.10. The highest BCUT2D eigenvalue weighted by Gasteiger charge is 2.16. The number of hydrogen-bond donors (Lipinski definition) is 0. The van der Waals surface area contributed by atoms with Gasteiger partial charge in [0.15, 0.2) is 0 Å². The minimum absolute atomic E-state index is 0.0336. The van der Waals surface area contributed by atoms with E-state index in [-0.39, 0.29) is 18.5 Å². The lowest BCUT2D eigenvalue weighted by atomic mass is 10.7. The van der Waals surface area contributed by atoms with E-state index in [1.54, 1.807) is 14.1 Å². The summed E-state index contributed by atoms with van der Waals surface area (Å²) in [5.74, 6) is 0. The first-order chi connectivity index (χ1) is 6.04. The Morgan fingerprint density at radius 1 is 1.38 bits per heavy atom. The Labute approximate surface area is 76.8 Å². The Balaban J connectivity index is 4.46. The molecule has 0 radical (unpaired) electrons. The van der Waals surface area contributed by atoms with Crippen LogP contribution in [0.1, 0.15) is 0 Å². The summed E-state index contributed by atoms with van der Waals surface area (Å²) in [6, 6.07) is -0.351. The zero-order valence-electron chi connectivity index (χ0n) is 8.14. The molecule has 6 heteroatoms. The number of amides is 2. The molecule has 0 atom stereocenters. The molecule has 0 aromatic heterocycles. The van der Waals surface area contributed by atoms with E-state index in [9.17, 15) is 9.59 Å². The number of hydrogen-bond acceptors (Lipinski definition) is 4. The minimum atomic E-state index is -0.317. The van der Waals surface area contributed by atoms with E-state index in [2.05, 4.69) is 9.73 Å². The topological polar surface area (TPSA) is 62.2 Å². The van der Waals surface area contributed by atoms with Crippen molar-refractivity contribution in [3.05, 3.63) is 0 Å². The number of carbonyl (C=O) groups is 2. The summed E-state index contributed by atoms with van der Waals surface area (Å²) in [5.41, 5.74) is 0. The molecule has 0 fully saturated rings. The molecule has 2 amide bonds. The maximum atomic E-state index is 11.3. The van der Waals surface area contributed by atoms with Crippen molar-refractivity contribution >= 4 is 18.5 Å². The molecule has 0 aliphatic carbocycles. The first-order valence-corrected chi connectivity index (χ1v) is 3.56. The van der Waals surface area contributed by atoms with E-state index >= 15 is 0 Å². The van der Waals surface area contributed by atoms with Gasteiger partial charge in [-0.05, 0) is 0 Å². The van der Waals surface area contributed by atoms with Crippen molar-refractivity contribution in [2.24, 2.45) is 4.99 Å². The number of aliphatic imine (C=N–C) groups is 1. The van der Waals surface area contributed by atoms with Crippen LogP contribution >= 0.6 is 0 Å². The molecule has 13 heavy (non-hydrogen) atoms. The highest BCUT2D eigenvalue weighted by molar-refractivity contribution is 5.94. The summed E-state index contributed by atoms with van der Waals surface area (Å²) < 4.78 is 4.47. The summed E-state index contributed by atoms with van der Waals surface area (Å²) in [5, 5.41) is 0. The van der Waals surface area contributed by atoms with E-state index in [0.717, 1.165) is 4.90 Å². The fourth-order valence-electron chi connectivity index (χ4n) is 0.707. The van der Waals surface area contributed by atoms with Crippen molar-refractivity contribution in [1.29, 1.82) is 0 Å². The Morgan fingerprint density at radius 2 is 1.92 bits per heavy atom. The molecule has 0 spiro atoms. The molecule has 0 aliphatic heterocycles. The average molecular weight is 187 g/mol. The molecule has 0 aromatic rings. The van der Waals surface area contributed by atoms with Crippen LogP contribution in [0.5, 0.6) is 0 Å². The van der Waals surface area contributed by atoms with Gasteiger partial charge >= 0.3 is 18.5 Å². The van der Waals surface area contributed by atoms with E-state index in [0.29, 0.717) is 0 Å². The van der Waals surface area contributed by atoms with Gasteiger partial charge in [-0.1, -0.05) is 0 Å². The second-order valence-electron chi connectivity index (χ2n) is 2.46. The third-order valence-electron chi connectivity index (χ3n) is 1.30. The van der Waals surface area contributed by atoms with Crippen LogP contribution in [-0.2, 0) is 9.53 Å². The van der Waals surface area contributed by atoms with Gasteiger partial charge in [-0.2, -0.15) is 0 Å². The Morgan fingerprint density at radius 3 is 2.23 bits per heavy atom. The van der Waals surface area contributed by atoms with Crippen LogP contribution in [0.15, 0.2) is 4.99 Å². The second kappa shape index (κ2) is 5.13. The maximum Gasteiger partial charge on any atom is 0.327 e. The van der Waals surface area contributed by atoms with Crippen molar-refractivity contribution < 1.29 is 14.3 Å². The fraction of sp³-hybridized carbons (Fsp3) is 0.571. The van der Waals surface area contributed by atoms with Crippen LogP contribution in [0.3, 0.4) is 0 Å². The van der Waals surface area contributed by atoms with Crippen LogP contribution < -0.4 is 0 Å². The lowest BCUT2D eigenvalue weighted by molar-refractivity contribution is -0.122. The molecule has 6 nitrogen and oxygen atoms in total. The zero-order chi connectivity index (χ0) is 10.4. The average Bonchev–Trinajstić information content (AvgIpc) is 2.11. The van der Waals surface area contributed by atoms with Crippen molar-refractivity contribution in [1.82, 2.24) is 9.80 Å². The molecule has 0 saturated heterocycles. The normalized spacial score (nSPS) is 10.6. The largest absolute Gasteiger partial charge is 0.395 e. The molecule has 0 rings (SSSR count). The minimum Gasteiger partial charge on any atom is -0.395 e. The first-order valence-electron chi connectivity index (χ1n) is 3.56. The molecule has 0 N–H and O–H groups in total. The Kier molecular flexibility index (Phi) is 4.50. The highest BCUT2D eigenvalue weighted by Crippen LogP contribution is 1.94. The molecule has 0 heterocycles. The number of rotatable bonds is 1. The van der Waals surface area contributed by atoms with Gasteiger partial charge in [-0.15, -0.1) is 0 Å². The van der Waals surface area contributed by atoms with E-state index < -0.39 is 0 Å². The SMILES string of the molecule is CN=C(OC=O)N(C)C(=O)N(C)C. The van der Waals surface area contributed by atoms with Crippen molar-refractivity contribution in [2.75, 3.05) is 28.2 Å². The number of urea groups is 1. The number of nitrogens with zero attached hydrogens (tertiary/aromatic N) is 3. The van der Waals surface area contributed by atoms with Gasteiger partial charge in [0, 0.05) is 28.2 Å². The summed E-state index contributed by atoms with van der Waals surface area (Å²) in [6.45, 7) is 0.224. The second-order valence-corrected chi connectivity index (χ2v) is 2.46. The summed E-state index contributed by atoms with van der Waals surface area (Å²) in [6.07, 6.45) is 0. The van der Waals surface area contributed by atoms with E-state index in [4.69, 9.17) is 0 Å². The van der Waals surface area contributed by atoms with Gasteiger partial charge in [0.25, 0.3) is 0 Å². The molecule has 0 aromatic carbocycles. The highest BCUT2D eigenvalue weighted by atomic mass is 16.5. The number of carbonyl (C=O) groups excluding carboxylic acids is 2. The zero-order valence-corrected chi connectivity index (χ0v) is 8.14. The molecule has 0 aliphatic rings. The van der Waals surface area contributed by atoms with Crippen LogP contribution in [0.4, 0.5) is 4.79 Å². The summed E-state index contributed by atoms with van der Waals surface area (Å²) in [4.78, 5) is 27.4. The van der Waals surface area contributed by atoms with Crippen molar-refractivity contribution in [3.63, 3.8) is 0 Å². The molecular weight excluding hydrogens is 174 g/mol. The quantitative estimate of drug-likeness (QED) is 0.323.